The lowest BCUT2D eigenvalue weighted by Crippen LogP contribution is -2.50. The summed E-state index contributed by atoms with van der Waals surface area (Å²) in [5, 5.41) is 6.40. The van der Waals surface area contributed by atoms with E-state index in [2.05, 4.69) is 20.6 Å². The van der Waals surface area contributed by atoms with E-state index < -0.39 is 54.5 Å². The summed E-state index contributed by atoms with van der Waals surface area (Å²) >= 11 is 1.85. The van der Waals surface area contributed by atoms with Gasteiger partial charge in [-0.05, 0) is 25.5 Å². The van der Waals surface area contributed by atoms with Crippen molar-refractivity contribution < 1.29 is 31.9 Å². The molecular formula is C21H18F4N4O3S2. The van der Waals surface area contributed by atoms with E-state index in [9.17, 15) is 31.9 Å². The Bertz CT molecular complexity index is 1160. The Morgan fingerprint density at radius 2 is 1.85 bits per heavy atom. The van der Waals surface area contributed by atoms with Crippen molar-refractivity contribution in [3.63, 3.8) is 0 Å². The zero-order valence-corrected chi connectivity index (χ0v) is 19.2. The van der Waals surface area contributed by atoms with Gasteiger partial charge in [0, 0.05) is 23.6 Å². The molecule has 0 bridgehead atoms. The molecule has 2 heterocycles. The second kappa shape index (κ2) is 10.8. The first-order valence-corrected chi connectivity index (χ1v) is 11.6. The van der Waals surface area contributed by atoms with Crippen LogP contribution in [0.25, 0.3) is 10.6 Å². The second-order valence-electron chi connectivity index (χ2n) is 7.12. The number of amides is 2. The van der Waals surface area contributed by atoms with Crippen LogP contribution >= 0.6 is 22.7 Å². The number of nitrogens with zero attached hydrogens (tertiary/aromatic N) is 2. The molecule has 0 aliphatic rings. The smallest absolute Gasteiger partial charge is 0.344 e. The first-order valence-electron chi connectivity index (χ1n) is 9.87. The lowest BCUT2D eigenvalue weighted by Gasteiger charge is -2.20. The average Bonchev–Trinajstić information content (AvgIpc) is 3.48. The molecule has 0 fully saturated rings. The van der Waals surface area contributed by atoms with Crippen LogP contribution in [0.3, 0.4) is 0 Å². The van der Waals surface area contributed by atoms with Crippen LogP contribution in [0.1, 0.15) is 39.2 Å². The van der Waals surface area contributed by atoms with Crippen LogP contribution in [-0.2, 0) is 4.79 Å². The van der Waals surface area contributed by atoms with Gasteiger partial charge in [-0.3, -0.25) is 14.4 Å². The summed E-state index contributed by atoms with van der Waals surface area (Å²) in [6, 6.07) is 3.26. The monoisotopic (exact) mass is 514 g/mol. The lowest BCUT2D eigenvalue weighted by molar-refractivity contribution is -0.137. The Morgan fingerprint density at radius 3 is 2.50 bits per heavy atom. The topological polar surface area (TPSA) is 101 Å². The number of thiazole rings is 2. The molecule has 13 heteroatoms. The van der Waals surface area contributed by atoms with E-state index in [4.69, 9.17) is 0 Å². The summed E-state index contributed by atoms with van der Waals surface area (Å²) in [7, 11) is 0. The number of alkyl halides is 3. The van der Waals surface area contributed by atoms with E-state index in [1.165, 1.54) is 42.9 Å². The Labute approximate surface area is 199 Å². The van der Waals surface area contributed by atoms with E-state index >= 15 is 0 Å². The summed E-state index contributed by atoms with van der Waals surface area (Å²) in [5.41, 5.74) is 0.213. The zero-order chi connectivity index (χ0) is 24.9. The number of halogens is 4. The number of benzene rings is 1. The van der Waals surface area contributed by atoms with E-state index in [0.29, 0.717) is 0 Å². The van der Waals surface area contributed by atoms with E-state index in [-0.39, 0.29) is 20.5 Å². The van der Waals surface area contributed by atoms with Gasteiger partial charge in [-0.2, -0.15) is 13.2 Å². The molecule has 0 saturated carbocycles. The highest BCUT2D eigenvalue weighted by molar-refractivity contribution is 7.16. The number of carbonyl (C=O) groups is 3. The molecule has 0 unspecified atom stereocenters. The van der Waals surface area contributed by atoms with Crippen molar-refractivity contribution >= 4 is 40.3 Å². The normalized spacial score (nSPS) is 13.2. The standard InChI is InChI=1S/C21H18F4N4O3S2/c1-11(28-18(32)15-10-27-19(34-15)12-4-2-3-5-13(12)22)17(31)29-14(6-7-21(23,24)25)16(30)20-26-8-9-33-20/h2-5,8-11,14H,6-7H2,1H3,(H,28,32)(H,29,31)/t11-,14-/m0/s1. The maximum Gasteiger partial charge on any atom is 0.389 e. The molecule has 2 amide bonds. The molecule has 180 valence electrons. The number of aromatic nitrogens is 2. The molecule has 3 aromatic rings. The second-order valence-corrected chi connectivity index (χ2v) is 9.05. The van der Waals surface area contributed by atoms with Crippen molar-refractivity contribution in [1.29, 1.82) is 0 Å². The average molecular weight is 515 g/mol. The van der Waals surface area contributed by atoms with Crippen LogP contribution in [0.2, 0.25) is 0 Å². The lowest BCUT2D eigenvalue weighted by atomic mass is 10.1. The van der Waals surface area contributed by atoms with Crippen molar-refractivity contribution in [1.82, 2.24) is 20.6 Å². The highest BCUT2D eigenvalue weighted by atomic mass is 32.1. The van der Waals surface area contributed by atoms with Crippen molar-refractivity contribution in [3.8, 4) is 10.6 Å². The first-order chi connectivity index (χ1) is 16.0. The van der Waals surface area contributed by atoms with Crippen LogP contribution in [0.4, 0.5) is 17.6 Å². The van der Waals surface area contributed by atoms with Crippen LogP contribution < -0.4 is 10.6 Å². The molecule has 0 spiro atoms. The minimum Gasteiger partial charge on any atom is -0.344 e. The van der Waals surface area contributed by atoms with Gasteiger partial charge in [-0.25, -0.2) is 14.4 Å². The SMILES string of the molecule is C[C@H](NC(=O)c1cnc(-c2ccccc2F)s1)C(=O)N[C@@H](CCC(F)(F)F)C(=O)c1nccs1. The third-order valence-corrected chi connectivity index (χ3v) is 6.38. The number of hydrogen-bond acceptors (Lipinski definition) is 7. The Morgan fingerprint density at radius 1 is 1.12 bits per heavy atom. The van der Waals surface area contributed by atoms with E-state index in [0.717, 1.165) is 22.7 Å². The summed E-state index contributed by atoms with van der Waals surface area (Å²) in [5.74, 6) is -2.78. The number of nitrogens with one attached hydrogen (secondary N) is 2. The number of ketones is 1. The molecule has 0 radical (unpaired) electrons. The zero-order valence-electron chi connectivity index (χ0n) is 17.6. The number of hydrogen-bond donors (Lipinski definition) is 2. The van der Waals surface area contributed by atoms with E-state index in [1.54, 1.807) is 6.07 Å². The molecule has 34 heavy (non-hydrogen) atoms. The number of carbonyl (C=O) groups excluding carboxylic acids is 3. The largest absolute Gasteiger partial charge is 0.389 e. The third kappa shape index (κ3) is 6.67. The highest BCUT2D eigenvalue weighted by Gasteiger charge is 2.33. The summed E-state index contributed by atoms with van der Waals surface area (Å²) < 4.78 is 52.1. The Hall–Kier alpha value is -3.19. The number of rotatable bonds is 9. The molecular weight excluding hydrogens is 496 g/mol. The van der Waals surface area contributed by atoms with Crippen molar-refractivity contribution in [2.75, 3.05) is 0 Å². The Kier molecular flexibility index (Phi) is 8.10. The Balaban J connectivity index is 1.65. The summed E-state index contributed by atoms with van der Waals surface area (Å²) in [6.45, 7) is 1.32. The van der Waals surface area contributed by atoms with Crippen molar-refractivity contribution in [3.05, 3.63) is 57.7 Å². The quantitative estimate of drug-likeness (QED) is 0.329. The van der Waals surface area contributed by atoms with Gasteiger partial charge in [0.15, 0.2) is 5.01 Å². The molecule has 2 atom stereocenters. The van der Waals surface area contributed by atoms with Gasteiger partial charge in [0.25, 0.3) is 5.91 Å². The highest BCUT2D eigenvalue weighted by Crippen LogP contribution is 2.27. The summed E-state index contributed by atoms with van der Waals surface area (Å²) in [6.07, 6.45) is -3.92. The van der Waals surface area contributed by atoms with Gasteiger partial charge in [0.05, 0.1) is 12.2 Å². The molecule has 2 N–H and O–H groups in total. The molecule has 0 aliphatic heterocycles. The predicted octanol–water partition coefficient (Wildman–Crippen LogP) is 4.23. The first kappa shape index (κ1) is 25.4. The minimum atomic E-state index is -4.52. The fraction of sp³-hybridized carbons (Fsp3) is 0.286. The fourth-order valence-electron chi connectivity index (χ4n) is 2.84. The molecule has 2 aromatic heterocycles. The van der Waals surface area contributed by atoms with Gasteiger partial charge in [-0.15, -0.1) is 22.7 Å². The van der Waals surface area contributed by atoms with Crippen LogP contribution in [0.15, 0.2) is 42.0 Å². The molecule has 7 nitrogen and oxygen atoms in total. The van der Waals surface area contributed by atoms with Gasteiger partial charge < -0.3 is 10.6 Å². The third-order valence-electron chi connectivity index (χ3n) is 4.57. The maximum absolute atomic E-state index is 13.9. The van der Waals surface area contributed by atoms with Crippen molar-refractivity contribution in [2.24, 2.45) is 0 Å². The van der Waals surface area contributed by atoms with Gasteiger partial charge in [0.1, 0.15) is 21.7 Å². The fourth-order valence-corrected chi connectivity index (χ4v) is 4.32. The van der Waals surface area contributed by atoms with Crippen LogP contribution in [0.5, 0.6) is 0 Å². The van der Waals surface area contributed by atoms with Gasteiger partial charge in [-0.1, -0.05) is 12.1 Å². The minimum absolute atomic E-state index is 0.0329. The molecule has 0 saturated heterocycles. The maximum atomic E-state index is 13.9. The van der Waals surface area contributed by atoms with Gasteiger partial charge in [0.2, 0.25) is 11.7 Å². The van der Waals surface area contributed by atoms with Crippen LogP contribution in [-0.4, -0.2) is 45.8 Å². The number of Topliss-reactive ketones (excluding diaryl/α,β-unsaturated/α-hetero) is 1. The predicted molar refractivity (Wildman–Crippen MR) is 118 cm³/mol. The molecule has 3 rings (SSSR count). The molecule has 1 aromatic carbocycles. The van der Waals surface area contributed by atoms with Crippen molar-refractivity contribution in [2.45, 2.75) is 38.0 Å². The van der Waals surface area contributed by atoms with E-state index in [1.807, 2.05) is 0 Å². The van der Waals surface area contributed by atoms with Crippen LogP contribution in [0, 0.1) is 5.82 Å². The summed E-state index contributed by atoms with van der Waals surface area (Å²) in [4.78, 5) is 45.5. The molecule has 0 aliphatic carbocycles. The van der Waals surface area contributed by atoms with Gasteiger partial charge >= 0.3 is 6.18 Å².